The van der Waals surface area contributed by atoms with Crippen molar-refractivity contribution in [2.24, 2.45) is 0 Å². The molecule has 0 saturated carbocycles. The number of hydrogen-bond donors (Lipinski definition) is 1. The highest BCUT2D eigenvalue weighted by Crippen LogP contribution is 2.35. The molecule has 0 heterocycles. The minimum absolute atomic E-state index is 0.336. The molecular formula is C16H15Cl3O. The van der Waals surface area contributed by atoms with E-state index < -0.39 is 5.60 Å². The third-order valence-corrected chi connectivity index (χ3v) is 4.25. The van der Waals surface area contributed by atoms with Gasteiger partial charge in [0.1, 0.15) is 0 Å². The Morgan fingerprint density at radius 2 is 1.50 bits per heavy atom. The summed E-state index contributed by atoms with van der Waals surface area (Å²) < 4.78 is 0. The Bertz CT molecular complexity index is 551. The van der Waals surface area contributed by atoms with Crippen LogP contribution in [-0.2, 0) is 12.0 Å². The maximum atomic E-state index is 11.0. The summed E-state index contributed by atoms with van der Waals surface area (Å²) in [4.78, 5) is 0. The van der Waals surface area contributed by atoms with Crippen molar-refractivity contribution < 1.29 is 5.11 Å². The Labute approximate surface area is 134 Å². The second kappa shape index (κ2) is 6.82. The molecule has 0 aromatic heterocycles. The lowest BCUT2D eigenvalue weighted by Gasteiger charge is -2.29. The first-order valence-electron chi connectivity index (χ1n) is 6.33. The molecule has 0 amide bonds. The monoisotopic (exact) mass is 328 g/mol. The predicted octanol–water partition coefficient (Wildman–Crippen LogP) is 5.05. The summed E-state index contributed by atoms with van der Waals surface area (Å²) in [6.45, 7) is 0. The van der Waals surface area contributed by atoms with Crippen LogP contribution in [0.4, 0.5) is 0 Å². The van der Waals surface area contributed by atoms with Crippen LogP contribution in [0, 0.1) is 0 Å². The van der Waals surface area contributed by atoms with Gasteiger partial charge in [-0.25, -0.2) is 0 Å². The van der Waals surface area contributed by atoms with Crippen molar-refractivity contribution in [1.82, 2.24) is 0 Å². The van der Waals surface area contributed by atoms with E-state index in [0.717, 1.165) is 11.1 Å². The first-order chi connectivity index (χ1) is 9.57. The molecule has 1 unspecified atom stereocenters. The number of halogens is 3. The molecule has 0 saturated heterocycles. The van der Waals surface area contributed by atoms with Gasteiger partial charge >= 0.3 is 0 Å². The van der Waals surface area contributed by atoms with E-state index in [1.807, 2.05) is 30.3 Å². The SMILES string of the molecule is OC(CCCl)(Cc1c(Cl)cccc1Cl)c1ccccc1. The van der Waals surface area contributed by atoms with Gasteiger partial charge in [-0.15, -0.1) is 11.6 Å². The number of hydrogen-bond acceptors (Lipinski definition) is 1. The van der Waals surface area contributed by atoms with Gasteiger partial charge in [-0.2, -0.15) is 0 Å². The zero-order chi connectivity index (χ0) is 14.6. The van der Waals surface area contributed by atoms with Crippen LogP contribution in [0.25, 0.3) is 0 Å². The van der Waals surface area contributed by atoms with Crippen molar-refractivity contribution in [2.45, 2.75) is 18.4 Å². The van der Waals surface area contributed by atoms with Gasteiger partial charge < -0.3 is 5.11 Å². The molecule has 0 aliphatic rings. The molecule has 4 heteroatoms. The maximum absolute atomic E-state index is 11.0. The van der Waals surface area contributed by atoms with Crippen molar-refractivity contribution >= 4 is 34.8 Å². The molecule has 2 aromatic carbocycles. The van der Waals surface area contributed by atoms with Crippen molar-refractivity contribution in [3.63, 3.8) is 0 Å². The van der Waals surface area contributed by atoms with Crippen LogP contribution >= 0.6 is 34.8 Å². The first kappa shape index (κ1) is 15.7. The van der Waals surface area contributed by atoms with E-state index in [-0.39, 0.29) is 0 Å². The molecule has 106 valence electrons. The number of alkyl halides is 1. The maximum Gasteiger partial charge on any atom is 0.0949 e. The Morgan fingerprint density at radius 1 is 0.900 bits per heavy atom. The van der Waals surface area contributed by atoms with Crippen LogP contribution in [0.2, 0.25) is 10.0 Å². The predicted molar refractivity (Wildman–Crippen MR) is 85.8 cm³/mol. The molecule has 1 N–H and O–H groups in total. The molecule has 1 nitrogen and oxygen atoms in total. The fraction of sp³-hybridized carbons (Fsp3) is 0.250. The molecule has 2 rings (SSSR count). The Morgan fingerprint density at radius 3 is 2.05 bits per heavy atom. The highest BCUT2D eigenvalue weighted by Gasteiger charge is 2.30. The second-order valence-electron chi connectivity index (χ2n) is 4.71. The highest BCUT2D eigenvalue weighted by atomic mass is 35.5. The van der Waals surface area contributed by atoms with Gasteiger partial charge in [0.25, 0.3) is 0 Å². The topological polar surface area (TPSA) is 20.2 Å². The van der Waals surface area contributed by atoms with Crippen LogP contribution in [0.3, 0.4) is 0 Å². The molecule has 1 atom stereocenters. The molecule has 0 aliphatic heterocycles. The number of rotatable bonds is 5. The molecule has 0 radical (unpaired) electrons. The third-order valence-electron chi connectivity index (χ3n) is 3.35. The summed E-state index contributed by atoms with van der Waals surface area (Å²) in [5, 5.41) is 12.1. The van der Waals surface area contributed by atoms with E-state index in [4.69, 9.17) is 34.8 Å². The van der Waals surface area contributed by atoms with Crippen molar-refractivity contribution in [3.8, 4) is 0 Å². The molecule has 0 aliphatic carbocycles. The van der Waals surface area contributed by atoms with Gasteiger partial charge in [0.15, 0.2) is 0 Å². The minimum atomic E-state index is -1.07. The highest BCUT2D eigenvalue weighted by molar-refractivity contribution is 6.36. The van der Waals surface area contributed by atoms with Crippen molar-refractivity contribution in [2.75, 3.05) is 5.88 Å². The van der Waals surface area contributed by atoms with Gasteiger partial charge in [0.2, 0.25) is 0 Å². The van der Waals surface area contributed by atoms with Gasteiger partial charge in [-0.1, -0.05) is 59.6 Å². The van der Waals surface area contributed by atoms with Crippen LogP contribution < -0.4 is 0 Å². The first-order valence-corrected chi connectivity index (χ1v) is 7.62. The van der Waals surface area contributed by atoms with Gasteiger partial charge in [0.05, 0.1) is 5.60 Å². The largest absolute Gasteiger partial charge is 0.385 e. The summed E-state index contributed by atoms with van der Waals surface area (Å²) >= 11 is 18.2. The molecule has 0 spiro atoms. The zero-order valence-corrected chi connectivity index (χ0v) is 13.1. The summed E-state index contributed by atoms with van der Waals surface area (Å²) in [5.41, 5.74) is 0.487. The molecule has 0 bridgehead atoms. The van der Waals surface area contributed by atoms with Gasteiger partial charge in [0, 0.05) is 22.3 Å². The van der Waals surface area contributed by atoms with Crippen LogP contribution in [0.1, 0.15) is 17.5 Å². The summed E-state index contributed by atoms with van der Waals surface area (Å²) in [6, 6.07) is 14.8. The van der Waals surface area contributed by atoms with Crippen LogP contribution in [0.15, 0.2) is 48.5 Å². The molecule has 20 heavy (non-hydrogen) atoms. The average molecular weight is 330 g/mol. The van der Waals surface area contributed by atoms with E-state index in [1.54, 1.807) is 18.2 Å². The van der Waals surface area contributed by atoms with E-state index >= 15 is 0 Å². The Hall–Kier alpha value is -0.730. The Balaban J connectivity index is 2.40. The fourth-order valence-electron chi connectivity index (χ4n) is 2.23. The standard InChI is InChI=1S/C16H15Cl3O/c17-10-9-16(20,12-5-2-1-3-6-12)11-13-14(18)7-4-8-15(13)19/h1-8,20H,9-11H2. The minimum Gasteiger partial charge on any atom is -0.385 e. The molecule has 0 fully saturated rings. The second-order valence-corrected chi connectivity index (χ2v) is 5.91. The lowest BCUT2D eigenvalue weighted by molar-refractivity contribution is 0.0337. The number of benzene rings is 2. The lowest BCUT2D eigenvalue weighted by Crippen LogP contribution is -2.29. The summed E-state index contributed by atoms with van der Waals surface area (Å²) in [6.07, 6.45) is 0.766. The zero-order valence-electron chi connectivity index (χ0n) is 10.8. The molecule has 2 aromatic rings. The smallest absolute Gasteiger partial charge is 0.0949 e. The van der Waals surface area contributed by atoms with Crippen molar-refractivity contribution in [3.05, 3.63) is 69.7 Å². The Kier molecular flexibility index (Phi) is 5.34. The average Bonchev–Trinajstić information content (AvgIpc) is 2.44. The van der Waals surface area contributed by atoms with E-state index in [0.29, 0.717) is 28.8 Å². The van der Waals surface area contributed by atoms with Crippen LogP contribution in [0.5, 0.6) is 0 Å². The van der Waals surface area contributed by atoms with Crippen molar-refractivity contribution in [1.29, 1.82) is 0 Å². The van der Waals surface area contributed by atoms with E-state index in [9.17, 15) is 5.11 Å². The van der Waals surface area contributed by atoms with E-state index in [1.165, 1.54) is 0 Å². The summed E-state index contributed by atoms with van der Waals surface area (Å²) in [5.74, 6) is 0.355. The normalized spacial score (nSPS) is 14.0. The van der Waals surface area contributed by atoms with Gasteiger partial charge in [-0.05, 0) is 29.7 Å². The van der Waals surface area contributed by atoms with Crippen LogP contribution in [-0.4, -0.2) is 11.0 Å². The fourth-order valence-corrected chi connectivity index (χ4v) is 3.08. The molecular weight excluding hydrogens is 315 g/mol. The van der Waals surface area contributed by atoms with E-state index in [2.05, 4.69) is 0 Å². The lowest BCUT2D eigenvalue weighted by atomic mass is 9.85. The summed E-state index contributed by atoms with van der Waals surface area (Å²) in [7, 11) is 0. The van der Waals surface area contributed by atoms with Gasteiger partial charge in [-0.3, -0.25) is 0 Å². The quantitative estimate of drug-likeness (QED) is 0.761. The third kappa shape index (κ3) is 3.48. The number of aliphatic hydroxyl groups is 1.